The smallest absolute Gasteiger partial charge is 0.225 e. The number of aliphatic hydroxyl groups excluding tert-OH is 2. The molecule has 1 amide bonds. The number of rotatable bonds is 5. The summed E-state index contributed by atoms with van der Waals surface area (Å²) in [6.45, 7) is 2.46. The van der Waals surface area contributed by atoms with Crippen LogP contribution < -0.4 is 5.32 Å². The lowest BCUT2D eigenvalue weighted by Gasteiger charge is -2.64. The summed E-state index contributed by atoms with van der Waals surface area (Å²) in [5, 5.41) is 24.9. The predicted octanol–water partition coefficient (Wildman–Crippen LogP) is 4.81. The molecular weight excluding hydrogens is 452 g/mol. The third-order valence-electron chi connectivity index (χ3n) is 12.0. The molecule has 198 valence electrons. The van der Waals surface area contributed by atoms with Gasteiger partial charge >= 0.3 is 0 Å². The van der Waals surface area contributed by atoms with Crippen LogP contribution in [-0.4, -0.2) is 46.5 Å². The summed E-state index contributed by atoms with van der Waals surface area (Å²) in [7, 11) is 1.91. The minimum atomic E-state index is -0.264. The van der Waals surface area contributed by atoms with Crippen molar-refractivity contribution in [1.29, 1.82) is 0 Å². The van der Waals surface area contributed by atoms with Crippen molar-refractivity contribution in [3.63, 3.8) is 0 Å². The van der Waals surface area contributed by atoms with E-state index in [4.69, 9.17) is 4.74 Å². The number of aliphatic hydroxyl groups is 2. The van der Waals surface area contributed by atoms with Gasteiger partial charge in [0.25, 0.3) is 0 Å². The first-order chi connectivity index (χ1) is 17.4. The monoisotopic (exact) mass is 496 g/mol. The molecule has 6 nitrogen and oxygen atoms in total. The fourth-order valence-electron chi connectivity index (χ4n) is 10.5. The van der Waals surface area contributed by atoms with Crippen molar-refractivity contribution in [3.05, 3.63) is 24.4 Å². The summed E-state index contributed by atoms with van der Waals surface area (Å²) >= 11 is 0. The number of ether oxygens (including phenoxy) is 1. The van der Waals surface area contributed by atoms with Crippen LogP contribution in [0.2, 0.25) is 0 Å². The summed E-state index contributed by atoms with van der Waals surface area (Å²) in [5.41, 5.74) is 0.345. The van der Waals surface area contributed by atoms with E-state index in [9.17, 15) is 15.0 Å². The van der Waals surface area contributed by atoms with E-state index in [1.54, 1.807) is 6.20 Å². The van der Waals surface area contributed by atoms with Gasteiger partial charge in [0.2, 0.25) is 5.91 Å². The third-order valence-corrected chi connectivity index (χ3v) is 12.0. The molecule has 5 saturated carbocycles. The van der Waals surface area contributed by atoms with Crippen LogP contribution in [0.3, 0.4) is 0 Å². The van der Waals surface area contributed by atoms with E-state index in [-0.39, 0.29) is 35.0 Å². The molecule has 1 aromatic heterocycles. The maximum Gasteiger partial charge on any atom is 0.225 e. The molecule has 0 saturated heterocycles. The second-order valence-electron chi connectivity index (χ2n) is 13.1. The number of hydrogen-bond donors (Lipinski definition) is 3. The summed E-state index contributed by atoms with van der Waals surface area (Å²) in [5.74, 6) is 3.56. The highest BCUT2D eigenvalue weighted by Crippen LogP contribution is 2.72. The van der Waals surface area contributed by atoms with E-state index in [1.165, 1.54) is 19.3 Å². The number of amides is 1. The van der Waals surface area contributed by atoms with Gasteiger partial charge in [-0.25, -0.2) is 4.98 Å². The van der Waals surface area contributed by atoms with Gasteiger partial charge in [-0.3, -0.25) is 4.79 Å². The van der Waals surface area contributed by atoms with Gasteiger partial charge in [0.05, 0.1) is 18.3 Å². The Morgan fingerprint density at radius 2 is 1.92 bits per heavy atom. The lowest BCUT2D eigenvalue weighted by atomic mass is 9.43. The minimum Gasteiger partial charge on any atom is -0.393 e. The Hall–Kier alpha value is -1.50. The van der Waals surface area contributed by atoms with Crippen LogP contribution in [0.5, 0.6) is 0 Å². The molecule has 1 heterocycles. The van der Waals surface area contributed by atoms with Crippen LogP contribution in [0.1, 0.15) is 77.6 Å². The summed E-state index contributed by atoms with van der Waals surface area (Å²) in [6.07, 6.45) is 12.3. The molecule has 5 aliphatic rings. The van der Waals surface area contributed by atoms with Gasteiger partial charge in [-0.15, -0.1) is 0 Å². The molecule has 5 fully saturated rings. The van der Waals surface area contributed by atoms with Crippen LogP contribution in [0.4, 0.5) is 5.82 Å². The number of carbonyl (C=O) groups is 1. The molecule has 3 N–H and O–H groups in total. The van der Waals surface area contributed by atoms with E-state index in [2.05, 4.69) is 17.2 Å². The van der Waals surface area contributed by atoms with Gasteiger partial charge in [-0.05, 0) is 117 Å². The Bertz CT molecular complexity index is 958. The number of nitrogens with zero attached hydrogens (tertiary/aromatic N) is 1. The fraction of sp³-hybridized carbons (Fsp3) is 0.800. The average Bonchev–Trinajstić information content (AvgIpc) is 3.42. The Kier molecular flexibility index (Phi) is 6.45. The number of pyridine rings is 1. The van der Waals surface area contributed by atoms with Gasteiger partial charge in [0, 0.05) is 25.1 Å². The Morgan fingerprint density at radius 1 is 1.08 bits per heavy atom. The van der Waals surface area contributed by atoms with Gasteiger partial charge in [-0.2, -0.15) is 0 Å². The SMILES string of the molecule is CO[C@H]1C[C@H]2[C@@H]([C@H](O)C[C@@H]3C[C@H](O)CC[C@@]32C)[C@@H]2CC[C@@H]3[C@@H](CCC(=O)Nc4ccccn4)CC[C@@]132. The molecule has 6 rings (SSSR count). The first-order valence-electron chi connectivity index (χ1n) is 14.5. The Balaban J connectivity index is 1.20. The molecule has 1 spiro atoms. The standard InChI is InChI=1S/C30H44N2O4/c1-29-12-11-20(33)15-19(29)16-24(34)28-22-8-7-21-18(6-9-27(35)32-26-5-3-4-14-31-26)10-13-30(21,22)25(36-2)17-23(28)29/h3-5,14,18-25,28,33-34H,6-13,15-17H2,1-2H3,(H,31,32,35)/t18-,19-,20+,21+,22-,23-,24+,25-,28-,29-,30+/m0/s1. The Morgan fingerprint density at radius 3 is 2.69 bits per heavy atom. The van der Waals surface area contributed by atoms with E-state index < -0.39 is 0 Å². The molecular formula is C30H44N2O4. The van der Waals surface area contributed by atoms with Crippen molar-refractivity contribution in [2.75, 3.05) is 12.4 Å². The van der Waals surface area contributed by atoms with E-state index >= 15 is 0 Å². The predicted molar refractivity (Wildman–Crippen MR) is 138 cm³/mol. The highest BCUT2D eigenvalue weighted by atomic mass is 16.5. The minimum absolute atomic E-state index is 0.0531. The molecule has 0 radical (unpaired) electrons. The largest absolute Gasteiger partial charge is 0.393 e. The van der Waals surface area contributed by atoms with Crippen molar-refractivity contribution >= 4 is 11.7 Å². The van der Waals surface area contributed by atoms with Gasteiger partial charge in [0.1, 0.15) is 5.82 Å². The maximum absolute atomic E-state index is 12.7. The van der Waals surface area contributed by atoms with Crippen molar-refractivity contribution in [2.45, 2.75) is 95.9 Å². The molecule has 11 atom stereocenters. The second-order valence-corrected chi connectivity index (χ2v) is 13.1. The molecule has 1 aromatic rings. The fourth-order valence-corrected chi connectivity index (χ4v) is 10.5. The number of methoxy groups -OCH3 is 1. The first-order valence-corrected chi connectivity index (χ1v) is 14.5. The molecule has 0 unspecified atom stereocenters. The van der Waals surface area contributed by atoms with Crippen molar-refractivity contribution in [2.24, 2.45) is 46.3 Å². The quantitative estimate of drug-likeness (QED) is 0.544. The van der Waals surface area contributed by atoms with Crippen LogP contribution in [0.25, 0.3) is 0 Å². The van der Waals surface area contributed by atoms with E-state index in [0.717, 1.165) is 44.9 Å². The molecule has 36 heavy (non-hydrogen) atoms. The topological polar surface area (TPSA) is 91.7 Å². The lowest BCUT2D eigenvalue weighted by molar-refractivity contribution is -0.211. The zero-order valence-corrected chi connectivity index (χ0v) is 21.9. The summed E-state index contributed by atoms with van der Waals surface area (Å²) in [6, 6.07) is 5.58. The van der Waals surface area contributed by atoms with Gasteiger partial charge < -0.3 is 20.3 Å². The number of nitrogens with one attached hydrogen (secondary N) is 1. The van der Waals surface area contributed by atoms with Crippen LogP contribution in [0.15, 0.2) is 24.4 Å². The molecule has 0 aromatic carbocycles. The number of aromatic nitrogens is 1. The van der Waals surface area contributed by atoms with Gasteiger partial charge in [-0.1, -0.05) is 13.0 Å². The van der Waals surface area contributed by atoms with Crippen LogP contribution in [0, 0.1) is 46.3 Å². The number of carbonyl (C=O) groups excluding carboxylic acids is 1. The summed E-state index contributed by atoms with van der Waals surface area (Å²) < 4.78 is 6.37. The Labute approximate surface area is 215 Å². The molecule has 0 aliphatic heterocycles. The highest BCUT2D eigenvalue weighted by molar-refractivity contribution is 5.89. The number of hydrogen-bond acceptors (Lipinski definition) is 5. The lowest BCUT2D eigenvalue weighted by Crippen LogP contribution is -2.62. The number of anilines is 1. The van der Waals surface area contributed by atoms with Gasteiger partial charge in [0.15, 0.2) is 0 Å². The molecule has 0 bridgehead atoms. The van der Waals surface area contributed by atoms with E-state index in [0.29, 0.717) is 47.7 Å². The van der Waals surface area contributed by atoms with Crippen LogP contribution in [-0.2, 0) is 9.53 Å². The summed E-state index contributed by atoms with van der Waals surface area (Å²) in [4.78, 5) is 16.9. The third kappa shape index (κ3) is 3.77. The van der Waals surface area contributed by atoms with Crippen LogP contribution >= 0.6 is 0 Å². The zero-order chi connectivity index (χ0) is 25.1. The van der Waals surface area contributed by atoms with E-state index in [1.807, 2.05) is 25.3 Å². The average molecular weight is 497 g/mol. The number of fused-ring (bicyclic) bond motifs is 4. The molecule has 6 heteroatoms. The normalized spacial score (nSPS) is 47.4. The second kappa shape index (κ2) is 9.36. The maximum atomic E-state index is 12.7. The molecule has 5 aliphatic carbocycles. The van der Waals surface area contributed by atoms with Crippen molar-refractivity contribution in [1.82, 2.24) is 4.98 Å². The van der Waals surface area contributed by atoms with Crippen molar-refractivity contribution < 1.29 is 19.7 Å². The zero-order valence-electron chi connectivity index (χ0n) is 21.9. The highest BCUT2D eigenvalue weighted by Gasteiger charge is 2.69. The first kappa shape index (κ1) is 24.8. The van der Waals surface area contributed by atoms with Crippen molar-refractivity contribution in [3.8, 4) is 0 Å².